The number of nitrogens with one attached hydrogen (secondary N) is 1. The molecule has 0 aliphatic rings. The van der Waals surface area contributed by atoms with Crippen molar-refractivity contribution < 1.29 is 4.79 Å². The first-order valence-corrected chi connectivity index (χ1v) is 5.89. The number of carbonyl (C=O) groups excluding carboxylic acids is 1. The third-order valence-electron chi connectivity index (χ3n) is 2.44. The van der Waals surface area contributed by atoms with E-state index in [1.54, 1.807) is 18.6 Å². The van der Waals surface area contributed by atoms with Crippen molar-refractivity contribution in [2.75, 3.05) is 6.54 Å². The van der Waals surface area contributed by atoms with E-state index in [1.165, 1.54) is 10.9 Å². The zero-order valence-electron chi connectivity index (χ0n) is 10.5. The van der Waals surface area contributed by atoms with E-state index >= 15 is 0 Å². The molecule has 2 rings (SSSR count). The van der Waals surface area contributed by atoms with Gasteiger partial charge in [0.2, 0.25) is 0 Å². The van der Waals surface area contributed by atoms with Gasteiger partial charge in [-0.15, -0.1) is 0 Å². The van der Waals surface area contributed by atoms with Crippen molar-refractivity contribution in [2.45, 2.75) is 13.8 Å². The minimum atomic E-state index is -0.161. The van der Waals surface area contributed by atoms with Gasteiger partial charge in [-0.1, -0.05) is 13.8 Å². The summed E-state index contributed by atoms with van der Waals surface area (Å²) in [4.78, 5) is 20.0. The second kappa shape index (κ2) is 5.44. The Kier molecular flexibility index (Phi) is 3.72. The first kappa shape index (κ1) is 12.3. The number of hydrogen-bond acceptors (Lipinski definition) is 3. The number of nitrogens with zero attached hydrogens (tertiary/aromatic N) is 3. The summed E-state index contributed by atoms with van der Waals surface area (Å²) >= 11 is 0. The van der Waals surface area contributed by atoms with Gasteiger partial charge in [-0.2, -0.15) is 0 Å². The van der Waals surface area contributed by atoms with Crippen molar-refractivity contribution in [3.8, 4) is 11.3 Å². The Balaban J connectivity index is 2.09. The molecule has 5 heteroatoms. The van der Waals surface area contributed by atoms with Gasteiger partial charge < -0.3 is 5.32 Å². The van der Waals surface area contributed by atoms with Crippen molar-refractivity contribution in [2.24, 2.45) is 5.92 Å². The van der Waals surface area contributed by atoms with Crippen LogP contribution in [-0.4, -0.2) is 27.1 Å². The number of rotatable bonds is 3. The Morgan fingerprint density at radius 3 is 3.00 bits per heavy atom. The van der Waals surface area contributed by atoms with E-state index in [4.69, 9.17) is 0 Å². The largest absolute Gasteiger partial charge is 0.337 e. The summed E-state index contributed by atoms with van der Waals surface area (Å²) in [5.41, 5.74) is 1.63. The molecule has 2 aromatic heterocycles. The van der Waals surface area contributed by atoms with E-state index in [9.17, 15) is 4.79 Å². The van der Waals surface area contributed by atoms with Crippen LogP contribution in [0.15, 0.2) is 37.1 Å². The predicted molar refractivity (Wildman–Crippen MR) is 69.1 cm³/mol. The zero-order chi connectivity index (χ0) is 13.0. The maximum atomic E-state index is 11.8. The van der Waals surface area contributed by atoms with Gasteiger partial charge >= 0.3 is 6.03 Å². The van der Waals surface area contributed by atoms with Gasteiger partial charge in [0.15, 0.2) is 0 Å². The fraction of sp³-hybridized carbons (Fsp3) is 0.308. The van der Waals surface area contributed by atoms with Gasteiger partial charge in [-0.3, -0.25) is 9.55 Å². The third kappa shape index (κ3) is 2.94. The smallest absolute Gasteiger partial charge is 0.326 e. The maximum Gasteiger partial charge on any atom is 0.326 e. The van der Waals surface area contributed by atoms with Crippen LogP contribution in [0.1, 0.15) is 13.8 Å². The number of hydrogen-bond donors (Lipinski definition) is 1. The minimum Gasteiger partial charge on any atom is -0.337 e. The second-order valence-electron chi connectivity index (χ2n) is 4.49. The molecule has 0 fully saturated rings. The van der Waals surface area contributed by atoms with E-state index in [2.05, 4.69) is 29.1 Å². The molecule has 0 saturated carbocycles. The predicted octanol–water partition coefficient (Wildman–Crippen LogP) is 2.16. The minimum absolute atomic E-state index is 0.161. The van der Waals surface area contributed by atoms with Gasteiger partial charge in [-0.05, 0) is 18.1 Å². The fourth-order valence-electron chi connectivity index (χ4n) is 1.48. The molecular weight excluding hydrogens is 228 g/mol. The molecule has 1 amide bonds. The molecule has 0 bridgehead atoms. The lowest BCUT2D eigenvalue weighted by atomic mass is 10.2. The summed E-state index contributed by atoms with van der Waals surface area (Å²) < 4.78 is 1.45. The van der Waals surface area contributed by atoms with E-state index < -0.39 is 0 Å². The standard InChI is InChI=1S/C13H16N4O/c1-10(2)6-15-13(18)17-8-12(16-9-17)11-4-3-5-14-7-11/h3-5,7-10H,6H2,1-2H3,(H,15,18). The molecule has 5 nitrogen and oxygen atoms in total. The van der Waals surface area contributed by atoms with Crippen LogP contribution in [0.5, 0.6) is 0 Å². The highest BCUT2D eigenvalue weighted by Gasteiger charge is 2.07. The van der Waals surface area contributed by atoms with Crippen molar-refractivity contribution in [3.63, 3.8) is 0 Å². The van der Waals surface area contributed by atoms with Crippen LogP contribution in [0.3, 0.4) is 0 Å². The summed E-state index contributed by atoms with van der Waals surface area (Å²) in [7, 11) is 0. The maximum absolute atomic E-state index is 11.8. The van der Waals surface area contributed by atoms with Crippen LogP contribution >= 0.6 is 0 Å². The van der Waals surface area contributed by atoms with E-state index in [-0.39, 0.29) is 6.03 Å². The van der Waals surface area contributed by atoms with Crippen molar-refractivity contribution in [3.05, 3.63) is 37.1 Å². The van der Waals surface area contributed by atoms with Gasteiger partial charge in [-0.25, -0.2) is 9.78 Å². The molecule has 94 valence electrons. The molecule has 18 heavy (non-hydrogen) atoms. The van der Waals surface area contributed by atoms with Crippen molar-refractivity contribution in [1.29, 1.82) is 0 Å². The molecular formula is C13H16N4O. The molecule has 1 N–H and O–H groups in total. The van der Waals surface area contributed by atoms with Gasteiger partial charge in [0.1, 0.15) is 6.33 Å². The Hall–Kier alpha value is -2.17. The van der Waals surface area contributed by atoms with E-state index in [1.807, 2.05) is 12.1 Å². The Morgan fingerprint density at radius 1 is 1.50 bits per heavy atom. The number of pyridine rings is 1. The molecule has 0 aromatic carbocycles. The Bertz CT molecular complexity index is 519. The molecule has 0 aliphatic carbocycles. The Morgan fingerprint density at radius 2 is 2.33 bits per heavy atom. The molecule has 2 aromatic rings. The van der Waals surface area contributed by atoms with Gasteiger partial charge in [0, 0.05) is 30.7 Å². The van der Waals surface area contributed by atoms with Gasteiger partial charge in [0.05, 0.1) is 5.69 Å². The number of imidazole rings is 1. The summed E-state index contributed by atoms with van der Waals surface area (Å²) in [5, 5.41) is 2.83. The van der Waals surface area contributed by atoms with Crippen LogP contribution in [-0.2, 0) is 0 Å². The molecule has 2 heterocycles. The summed E-state index contributed by atoms with van der Waals surface area (Å²) in [6.07, 6.45) is 6.64. The highest BCUT2D eigenvalue weighted by atomic mass is 16.2. The first-order valence-electron chi connectivity index (χ1n) is 5.89. The SMILES string of the molecule is CC(C)CNC(=O)n1cnc(-c2cccnc2)c1. The second-order valence-corrected chi connectivity index (χ2v) is 4.49. The van der Waals surface area contributed by atoms with Crippen LogP contribution in [0, 0.1) is 5.92 Å². The lowest BCUT2D eigenvalue weighted by Crippen LogP contribution is -2.30. The lowest BCUT2D eigenvalue weighted by Gasteiger charge is -2.06. The average Bonchev–Trinajstić information content (AvgIpc) is 2.86. The molecule has 0 radical (unpaired) electrons. The van der Waals surface area contributed by atoms with Crippen molar-refractivity contribution >= 4 is 6.03 Å². The topological polar surface area (TPSA) is 59.8 Å². The average molecular weight is 244 g/mol. The number of amides is 1. The first-order chi connectivity index (χ1) is 8.66. The molecule has 0 unspecified atom stereocenters. The van der Waals surface area contributed by atoms with E-state index in [0.29, 0.717) is 12.5 Å². The van der Waals surface area contributed by atoms with Crippen LogP contribution in [0.2, 0.25) is 0 Å². The summed E-state index contributed by atoms with van der Waals surface area (Å²) in [6.45, 7) is 4.75. The highest BCUT2D eigenvalue weighted by Crippen LogP contribution is 2.14. The van der Waals surface area contributed by atoms with Crippen LogP contribution < -0.4 is 5.32 Å². The number of aromatic nitrogens is 3. The molecule has 0 spiro atoms. The monoisotopic (exact) mass is 244 g/mol. The quantitative estimate of drug-likeness (QED) is 0.900. The molecule has 0 aliphatic heterocycles. The molecule has 0 atom stereocenters. The van der Waals surface area contributed by atoms with Crippen molar-refractivity contribution in [1.82, 2.24) is 19.9 Å². The Labute approximate surface area is 106 Å². The fourth-order valence-corrected chi connectivity index (χ4v) is 1.48. The molecule has 0 saturated heterocycles. The third-order valence-corrected chi connectivity index (χ3v) is 2.44. The van der Waals surface area contributed by atoms with E-state index in [0.717, 1.165) is 11.3 Å². The highest BCUT2D eigenvalue weighted by molar-refractivity contribution is 5.77. The zero-order valence-corrected chi connectivity index (χ0v) is 10.5. The summed E-state index contributed by atoms with van der Waals surface area (Å²) in [5.74, 6) is 0.426. The van der Waals surface area contributed by atoms with Crippen LogP contribution in [0.25, 0.3) is 11.3 Å². The number of carbonyl (C=O) groups is 1. The lowest BCUT2D eigenvalue weighted by molar-refractivity contribution is 0.241. The van der Waals surface area contributed by atoms with Gasteiger partial charge in [0.25, 0.3) is 0 Å². The normalized spacial score (nSPS) is 10.6. The summed E-state index contributed by atoms with van der Waals surface area (Å²) in [6, 6.07) is 3.59. The van der Waals surface area contributed by atoms with Crippen LogP contribution in [0.4, 0.5) is 4.79 Å².